The molecule has 1 aromatic carbocycles. The van der Waals surface area contributed by atoms with Crippen LogP contribution in [0.5, 0.6) is 5.19 Å². The summed E-state index contributed by atoms with van der Waals surface area (Å²) in [7, 11) is -1.85. The van der Waals surface area contributed by atoms with Crippen molar-refractivity contribution in [2.75, 3.05) is 5.73 Å². The molecular weight excluding hydrogens is 203 g/mol. The molecule has 14 heavy (non-hydrogen) atoms. The second-order valence-corrected chi connectivity index (χ2v) is 3.61. The number of para-hydroxylation sites is 1. The summed E-state index contributed by atoms with van der Waals surface area (Å²) in [6, 6.07) is 5.36. The minimum atomic E-state index is -1.85. The molecule has 1 heterocycles. The van der Waals surface area contributed by atoms with E-state index in [-0.39, 0.29) is 5.19 Å². The highest BCUT2D eigenvalue weighted by molar-refractivity contribution is 7.20. The molecule has 0 aliphatic carbocycles. The van der Waals surface area contributed by atoms with Crippen molar-refractivity contribution in [2.45, 2.75) is 0 Å². The third-order valence-electron chi connectivity index (χ3n) is 1.64. The summed E-state index contributed by atoms with van der Waals surface area (Å²) < 4.78 is 5.46. The maximum absolute atomic E-state index is 8.57. The van der Waals surface area contributed by atoms with E-state index < -0.39 is 7.32 Å². The number of benzene rings is 1. The molecule has 1 aromatic heterocycles. The van der Waals surface area contributed by atoms with Gasteiger partial charge in [0.1, 0.15) is 5.52 Å². The molecule has 7 heteroatoms. The van der Waals surface area contributed by atoms with Crippen LogP contribution in [0.2, 0.25) is 0 Å². The molecule has 72 valence electrons. The summed E-state index contributed by atoms with van der Waals surface area (Å²) in [6.07, 6.45) is 0. The normalized spacial score (nSPS) is 10.4. The first-order valence-electron chi connectivity index (χ1n) is 3.84. The Bertz CT molecular complexity index is 459. The summed E-state index contributed by atoms with van der Waals surface area (Å²) in [5.74, 6) is 0. The quantitative estimate of drug-likeness (QED) is 0.487. The lowest BCUT2D eigenvalue weighted by Crippen LogP contribution is -2.20. The molecule has 5 nitrogen and oxygen atoms in total. The van der Waals surface area contributed by atoms with Gasteiger partial charge in [0.25, 0.3) is 5.19 Å². The molecule has 0 saturated carbocycles. The predicted molar refractivity (Wildman–Crippen MR) is 54.9 cm³/mol. The second kappa shape index (κ2) is 3.45. The van der Waals surface area contributed by atoms with Gasteiger partial charge in [0.2, 0.25) is 0 Å². The van der Waals surface area contributed by atoms with E-state index in [1.165, 1.54) is 11.3 Å². The highest BCUT2D eigenvalue weighted by Gasteiger charge is 2.15. The molecule has 2 rings (SSSR count). The van der Waals surface area contributed by atoms with Gasteiger partial charge in [-0.25, -0.2) is 4.98 Å². The van der Waals surface area contributed by atoms with Crippen molar-refractivity contribution in [2.24, 2.45) is 0 Å². The van der Waals surface area contributed by atoms with Gasteiger partial charge >= 0.3 is 7.32 Å². The fourth-order valence-corrected chi connectivity index (χ4v) is 1.96. The van der Waals surface area contributed by atoms with Gasteiger partial charge in [0.15, 0.2) is 0 Å². The molecule has 0 aliphatic rings. The van der Waals surface area contributed by atoms with Crippen LogP contribution in [0.25, 0.3) is 10.2 Å². The maximum Gasteiger partial charge on any atom is 0.709 e. The Kier molecular flexibility index (Phi) is 2.28. The van der Waals surface area contributed by atoms with E-state index in [1.54, 1.807) is 12.1 Å². The number of nitrogen functional groups attached to an aromatic ring is 1. The van der Waals surface area contributed by atoms with Gasteiger partial charge in [-0.1, -0.05) is 17.4 Å². The molecule has 0 aliphatic heterocycles. The molecule has 4 N–H and O–H groups in total. The van der Waals surface area contributed by atoms with E-state index in [9.17, 15) is 0 Å². The topological polar surface area (TPSA) is 88.6 Å². The highest BCUT2D eigenvalue weighted by Crippen LogP contribution is 2.30. The van der Waals surface area contributed by atoms with Crippen LogP contribution in [0.3, 0.4) is 0 Å². The fourth-order valence-electron chi connectivity index (χ4n) is 1.09. The molecule has 0 unspecified atom stereocenters. The molecule has 0 atom stereocenters. The van der Waals surface area contributed by atoms with Gasteiger partial charge in [-0.3, -0.25) is 0 Å². The van der Waals surface area contributed by atoms with Gasteiger partial charge in [-0.05, 0) is 12.1 Å². The van der Waals surface area contributed by atoms with Crippen molar-refractivity contribution in [3.63, 3.8) is 0 Å². The average molecular weight is 210 g/mol. The second-order valence-electron chi connectivity index (χ2n) is 2.62. The van der Waals surface area contributed by atoms with Gasteiger partial charge in [-0.2, -0.15) is 0 Å². The standard InChI is InChI=1S/C7H7BN2O3S/c9-4-2-1-3-5-6(4)10-7(14-5)13-8(11)12/h1-3,11-12H,9H2. The summed E-state index contributed by atoms with van der Waals surface area (Å²) >= 11 is 1.21. The lowest BCUT2D eigenvalue weighted by atomic mass is 10.3. The SMILES string of the molecule is Nc1cccc2sc(OB(O)O)nc12. The van der Waals surface area contributed by atoms with Gasteiger partial charge in [-0.15, -0.1) is 0 Å². The number of nitrogens with two attached hydrogens (primary N) is 1. The number of aromatic nitrogens is 1. The van der Waals surface area contributed by atoms with E-state index in [4.69, 9.17) is 15.8 Å². The van der Waals surface area contributed by atoms with E-state index >= 15 is 0 Å². The van der Waals surface area contributed by atoms with Crippen molar-refractivity contribution in [3.05, 3.63) is 18.2 Å². The van der Waals surface area contributed by atoms with Gasteiger partial charge in [0, 0.05) is 0 Å². The number of fused-ring (bicyclic) bond motifs is 1. The summed E-state index contributed by atoms with van der Waals surface area (Å²) in [6.45, 7) is 0. The zero-order chi connectivity index (χ0) is 10.1. The third-order valence-corrected chi connectivity index (χ3v) is 2.55. The zero-order valence-corrected chi connectivity index (χ0v) is 7.86. The van der Waals surface area contributed by atoms with Crippen LogP contribution in [0.15, 0.2) is 18.2 Å². The summed E-state index contributed by atoms with van der Waals surface area (Å²) in [4.78, 5) is 4.00. The minimum Gasteiger partial charge on any atom is -0.490 e. The molecule has 0 spiro atoms. The van der Waals surface area contributed by atoms with Gasteiger partial charge < -0.3 is 20.4 Å². The van der Waals surface area contributed by atoms with Crippen molar-refractivity contribution in [1.82, 2.24) is 4.98 Å². The smallest absolute Gasteiger partial charge is 0.490 e. The molecule has 0 bridgehead atoms. The van der Waals surface area contributed by atoms with Crippen LogP contribution in [0, 0.1) is 0 Å². The highest BCUT2D eigenvalue weighted by atomic mass is 32.1. The first-order chi connectivity index (χ1) is 6.66. The Morgan fingerprint density at radius 3 is 2.86 bits per heavy atom. The first kappa shape index (κ1) is 9.26. The molecule has 2 aromatic rings. The van der Waals surface area contributed by atoms with Gasteiger partial charge in [0.05, 0.1) is 10.4 Å². The molecule has 0 radical (unpaired) electrons. The summed E-state index contributed by atoms with van der Waals surface area (Å²) in [5, 5.41) is 17.3. The van der Waals surface area contributed by atoms with Crippen molar-refractivity contribution in [3.8, 4) is 5.19 Å². The Balaban J connectivity index is 2.46. The Labute approximate surface area is 83.9 Å². The van der Waals surface area contributed by atoms with E-state index in [0.29, 0.717) is 11.2 Å². The zero-order valence-electron chi connectivity index (χ0n) is 7.04. The minimum absolute atomic E-state index is 0.188. The number of hydrogen-bond donors (Lipinski definition) is 3. The molecule has 0 fully saturated rings. The van der Waals surface area contributed by atoms with Crippen molar-refractivity contribution in [1.29, 1.82) is 0 Å². The number of thiazole rings is 1. The largest absolute Gasteiger partial charge is 0.709 e. The van der Waals surface area contributed by atoms with E-state index in [0.717, 1.165) is 4.70 Å². The predicted octanol–water partition coefficient (Wildman–Crippen LogP) is 0.227. The molecule has 0 amide bonds. The van der Waals surface area contributed by atoms with Crippen LogP contribution in [-0.2, 0) is 0 Å². The Hall–Kier alpha value is -1.31. The summed E-state index contributed by atoms with van der Waals surface area (Å²) in [5.41, 5.74) is 6.83. The van der Waals surface area contributed by atoms with E-state index in [2.05, 4.69) is 9.64 Å². The Morgan fingerprint density at radius 2 is 2.21 bits per heavy atom. The fraction of sp³-hybridized carbons (Fsp3) is 0. The number of nitrogens with zero attached hydrogens (tertiary/aromatic N) is 1. The van der Waals surface area contributed by atoms with Crippen molar-refractivity contribution >= 4 is 34.6 Å². The third kappa shape index (κ3) is 1.65. The number of rotatable bonds is 2. The number of hydrogen-bond acceptors (Lipinski definition) is 6. The Morgan fingerprint density at radius 1 is 1.43 bits per heavy atom. The molecular formula is C7H7BN2O3S. The van der Waals surface area contributed by atoms with Crippen LogP contribution in [0.1, 0.15) is 0 Å². The lowest BCUT2D eigenvalue weighted by molar-refractivity contribution is 0.288. The van der Waals surface area contributed by atoms with Crippen LogP contribution < -0.4 is 10.4 Å². The molecule has 0 saturated heterocycles. The first-order valence-corrected chi connectivity index (χ1v) is 4.66. The van der Waals surface area contributed by atoms with E-state index in [1.807, 2.05) is 6.07 Å². The van der Waals surface area contributed by atoms with Crippen LogP contribution in [-0.4, -0.2) is 22.4 Å². The maximum atomic E-state index is 8.57. The number of anilines is 1. The lowest BCUT2D eigenvalue weighted by Gasteiger charge is -1.96. The monoisotopic (exact) mass is 210 g/mol. The van der Waals surface area contributed by atoms with Crippen LogP contribution in [0.4, 0.5) is 5.69 Å². The van der Waals surface area contributed by atoms with Crippen molar-refractivity contribution < 1.29 is 14.7 Å². The van der Waals surface area contributed by atoms with Crippen LogP contribution >= 0.6 is 11.3 Å². The average Bonchev–Trinajstić information content (AvgIpc) is 2.47.